The summed E-state index contributed by atoms with van der Waals surface area (Å²) >= 11 is 0. The Bertz CT molecular complexity index is 1830. The van der Waals surface area contributed by atoms with Crippen LogP contribution < -0.4 is 14.2 Å². The van der Waals surface area contributed by atoms with Gasteiger partial charge in [-0.2, -0.15) is 0 Å². The van der Waals surface area contributed by atoms with Crippen molar-refractivity contribution in [2.75, 3.05) is 18.4 Å². The number of likely N-dealkylation sites (tertiary alicyclic amines) is 1. The second-order valence-electron chi connectivity index (χ2n) is 11.8. The topological polar surface area (TPSA) is 124 Å². The molecule has 2 aromatic carbocycles. The predicted molar refractivity (Wildman–Crippen MR) is 167 cm³/mol. The number of anilines is 1. The van der Waals surface area contributed by atoms with E-state index in [1.165, 1.54) is 0 Å². The molecule has 1 N–H and O–H groups in total. The molecular formula is C33H38N4O6S. The van der Waals surface area contributed by atoms with Gasteiger partial charge < -0.3 is 18.9 Å². The summed E-state index contributed by atoms with van der Waals surface area (Å²) in [6, 6.07) is 14.4. The van der Waals surface area contributed by atoms with Gasteiger partial charge in [0, 0.05) is 41.4 Å². The van der Waals surface area contributed by atoms with Crippen molar-refractivity contribution in [3.63, 3.8) is 0 Å². The summed E-state index contributed by atoms with van der Waals surface area (Å²) in [6.45, 7) is 12.3. The van der Waals surface area contributed by atoms with Gasteiger partial charge in [-0.3, -0.25) is 14.5 Å². The molecular weight excluding hydrogens is 580 g/mol. The van der Waals surface area contributed by atoms with Crippen LogP contribution in [0.1, 0.15) is 54.1 Å². The van der Waals surface area contributed by atoms with E-state index >= 15 is 0 Å². The minimum Gasteiger partial charge on any atom is -0.491 e. The molecule has 4 aromatic rings. The van der Waals surface area contributed by atoms with Gasteiger partial charge in [0.25, 0.3) is 10.0 Å². The maximum Gasteiger partial charge on any atom is 0.263 e. The van der Waals surface area contributed by atoms with Gasteiger partial charge in [0.1, 0.15) is 12.4 Å². The molecule has 0 saturated carbocycles. The Hall–Kier alpha value is -4.38. The van der Waals surface area contributed by atoms with Crippen LogP contribution in [0.2, 0.25) is 0 Å². The first-order chi connectivity index (χ1) is 20.8. The number of carbonyl (C=O) groups excluding carboxylic acids is 1. The van der Waals surface area contributed by atoms with Crippen LogP contribution in [0.5, 0.6) is 11.5 Å². The Morgan fingerprint density at radius 1 is 1.05 bits per heavy atom. The highest BCUT2D eigenvalue weighted by atomic mass is 32.2. The number of amides is 1. The first-order valence-electron chi connectivity index (χ1n) is 14.4. The van der Waals surface area contributed by atoms with Crippen LogP contribution in [0.3, 0.4) is 0 Å². The van der Waals surface area contributed by atoms with Gasteiger partial charge in [-0.1, -0.05) is 49.3 Å². The van der Waals surface area contributed by atoms with E-state index in [9.17, 15) is 13.2 Å². The number of benzene rings is 2. The number of aryl methyl sites for hydroxylation is 3. The lowest BCUT2D eigenvalue weighted by Gasteiger charge is -2.23. The average Bonchev–Trinajstić information content (AvgIpc) is 3.42. The molecule has 44 heavy (non-hydrogen) atoms. The Balaban J connectivity index is 1.54. The highest BCUT2D eigenvalue weighted by molar-refractivity contribution is 7.92. The van der Waals surface area contributed by atoms with E-state index in [0.717, 1.165) is 28.9 Å². The molecule has 5 rings (SSSR count). The molecule has 1 aliphatic rings. The Labute approximate surface area is 258 Å². The van der Waals surface area contributed by atoms with Crippen LogP contribution >= 0.6 is 0 Å². The smallest absolute Gasteiger partial charge is 0.263 e. The minimum atomic E-state index is -4.04. The molecule has 0 spiro atoms. The SMILES string of the molecule is COc1c(OCc2ccc(-c3ccccc3S(=O)(=O)Nc3noc(C)c3C)c(CN3CCC(C)(C)C3=O)c2)cc(C)nc1C. The fraction of sp³-hybridized carbons (Fsp3) is 0.364. The molecule has 1 fully saturated rings. The van der Waals surface area contributed by atoms with Gasteiger partial charge >= 0.3 is 0 Å². The van der Waals surface area contributed by atoms with Gasteiger partial charge in [0.15, 0.2) is 17.3 Å². The van der Waals surface area contributed by atoms with E-state index < -0.39 is 15.4 Å². The van der Waals surface area contributed by atoms with Crippen molar-refractivity contribution in [1.82, 2.24) is 15.0 Å². The molecule has 10 nitrogen and oxygen atoms in total. The van der Waals surface area contributed by atoms with E-state index in [1.807, 2.05) is 56.9 Å². The molecule has 0 aliphatic carbocycles. The zero-order chi connectivity index (χ0) is 31.8. The van der Waals surface area contributed by atoms with Crippen molar-refractivity contribution in [3.8, 4) is 22.6 Å². The standard InChI is InChI=1S/C33H38N4O6S/c1-20-16-28(30(41-7)22(3)34-20)42-19-24-12-13-26(25(17-24)18-37-15-14-33(5,6)32(37)38)27-10-8-9-11-29(27)44(39,40)36-31-21(2)23(4)43-35-31/h8-13,16-17H,14-15,18-19H2,1-7H3,(H,35,36). The van der Waals surface area contributed by atoms with Crippen molar-refractivity contribution < 1.29 is 27.2 Å². The average molecular weight is 619 g/mol. The number of pyridine rings is 1. The van der Waals surface area contributed by atoms with Crippen LogP contribution in [0.15, 0.2) is 57.9 Å². The van der Waals surface area contributed by atoms with Crippen molar-refractivity contribution in [2.45, 2.75) is 66.0 Å². The van der Waals surface area contributed by atoms with Crippen LogP contribution in [0.25, 0.3) is 11.1 Å². The number of sulfonamides is 1. The van der Waals surface area contributed by atoms with Crippen LogP contribution in [0, 0.1) is 33.1 Å². The molecule has 11 heteroatoms. The highest BCUT2D eigenvalue weighted by Crippen LogP contribution is 2.37. The summed E-state index contributed by atoms with van der Waals surface area (Å²) in [5, 5.41) is 3.88. The number of hydrogen-bond acceptors (Lipinski definition) is 8. The quantitative estimate of drug-likeness (QED) is 0.226. The number of aromatic nitrogens is 2. The molecule has 3 heterocycles. The third kappa shape index (κ3) is 6.14. The Morgan fingerprint density at radius 2 is 1.80 bits per heavy atom. The normalized spacial score (nSPS) is 14.6. The summed E-state index contributed by atoms with van der Waals surface area (Å²) in [7, 11) is -2.46. The molecule has 1 aliphatic heterocycles. The lowest BCUT2D eigenvalue weighted by molar-refractivity contribution is -0.135. The lowest BCUT2D eigenvalue weighted by Crippen LogP contribution is -2.30. The van der Waals surface area contributed by atoms with Crippen molar-refractivity contribution in [2.24, 2.45) is 5.41 Å². The zero-order valence-electron chi connectivity index (χ0n) is 26.1. The van der Waals surface area contributed by atoms with Gasteiger partial charge in [0.05, 0.1) is 17.7 Å². The molecule has 1 saturated heterocycles. The maximum absolute atomic E-state index is 13.7. The van der Waals surface area contributed by atoms with Gasteiger partial charge in [0.2, 0.25) is 5.91 Å². The minimum absolute atomic E-state index is 0.0667. The summed E-state index contributed by atoms with van der Waals surface area (Å²) in [6.07, 6.45) is 0.746. The van der Waals surface area contributed by atoms with Crippen LogP contribution in [0.4, 0.5) is 5.82 Å². The molecule has 0 unspecified atom stereocenters. The van der Waals surface area contributed by atoms with E-state index in [-0.39, 0.29) is 23.2 Å². The van der Waals surface area contributed by atoms with Crippen LogP contribution in [-0.4, -0.2) is 43.0 Å². The van der Waals surface area contributed by atoms with Crippen molar-refractivity contribution in [3.05, 3.63) is 82.4 Å². The van der Waals surface area contributed by atoms with Gasteiger partial charge in [-0.15, -0.1) is 0 Å². The number of rotatable bonds is 10. The molecule has 0 radical (unpaired) electrons. The predicted octanol–water partition coefficient (Wildman–Crippen LogP) is 6.12. The molecule has 0 bridgehead atoms. The van der Waals surface area contributed by atoms with Crippen LogP contribution in [-0.2, 0) is 28.0 Å². The summed E-state index contributed by atoms with van der Waals surface area (Å²) in [4.78, 5) is 19.6. The fourth-order valence-electron chi connectivity index (χ4n) is 5.45. The fourth-order valence-corrected chi connectivity index (χ4v) is 6.73. The number of ether oxygens (including phenoxy) is 2. The Morgan fingerprint density at radius 3 is 2.45 bits per heavy atom. The molecule has 232 valence electrons. The van der Waals surface area contributed by atoms with E-state index in [4.69, 9.17) is 14.0 Å². The number of hydrogen-bond donors (Lipinski definition) is 1. The summed E-state index contributed by atoms with van der Waals surface area (Å²) in [5.41, 5.74) is 4.58. The first kappa shape index (κ1) is 31.1. The van der Waals surface area contributed by atoms with E-state index in [2.05, 4.69) is 14.9 Å². The number of methoxy groups -OCH3 is 1. The molecule has 2 aromatic heterocycles. The largest absolute Gasteiger partial charge is 0.491 e. The number of nitrogens with zero attached hydrogens (tertiary/aromatic N) is 3. The van der Waals surface area contributed by atoms with Gasteiger partial charge in [-0.25, -0.2) is 8.42 Å². The monoisotopic (exact) mass is 618 g/mol. The van der Waals surface area contributed by atoms with Gasteiger partial charge in [-0.05, 0) is 62.9 Å². The molecule has 0 atom stereocenters. The summed E-state index contributed by atoms with van der Waals surface area (Å²) in [5.74, 6) is 1.90. The third-order valence-corrected chi connectivity index (χ3v) is 9.49. The second-order valence-corrected chi connectivity index (χ2v) is 13.5. The first-order valence-corrected chi connectivity index (χ1v) is 15.9. The third-order valence-electron chi connectivity index (χ3n) is 8.09. The lowest BCUT2D eigenvalue weighted by atomic mass is 9.92. The van der Waals surface area contributed by atoms with E-state index in [1.54, 1.807) is 45.2 Å². The Kier molecular flexibility index (Phi) is 8.44. The van der Waals surface area contributed by atoms with Crippen molar-refractivity contribution in [1.29, 1.82) is 0 Å². The highest BCUT2D eigenvalue weighted by Gasteiger charge is 2.38. The number of nitrogens with one attached hydrogen (secondary N) is 1. The van der Waals surface area contributed by atoms with E-state index in [0.29, 0.717) is 47.0 Å². The zero-order valence-corrected chi connectivity index (χ0v) is 27.0. The number of carbonyl (C=O) groups is 1. The second kappa shape index (κ2) is 12.0. The summed E-state index contributed by atoms with van der Waals surface area (Å²) < 4.78 is 46.9. The maximum atomic E-state index is 13.7. The van der Waals surface area contributed by atoms with Crippen molar-refractivity contribution >= 4 is 21.7 Å². The molecule has 1 amide bonds.